The maximum atomic E-state index is 13.2. The van der Waals surface area contributed by atoms with Gasteiger partial charge in [0.05, 0.1) is 12.2 Å². The van der Waals surface area contributed by atoms with E-state index < -0.39 is 5.54 Å². The van der Waals surface area contributed by atoms with Crippen molar-refractivity contribution in [1.29, 1.82) is 0 Å². The van der Waals surface area contributed by atoms with Crippen LogP contribution in [0.3, 0.4) is 0 Å². The number of amides is 3. The Morgan fingerprint density at radius 3 is 2.75 bits per heavy atom. The summed E-state index contributed by atoms with van der Waals surface area (Å²) in [4.78, 5) is 31.7. The van der Waals surface area contributed by atoms with Crippen LogP contribution in [0.25, 0.3) is 10.6 Å². The van der Waals surface area contributed by atoms with E-state index in [0.717, 1.165) is 28.1 Å². The maximum absolute atomic E-state index is 13.2. The molecule has 1 N–H and O–H groups in total. The van der Waals surface area contributed by atoms with Gasteiger partial charge in [0.2, 0.25) is 0 Å². The zero-order chi connectivity index (χ0) is 19.3. The van der Waals surface area contributed by atoms with Crippen molar-refractivity contribution in [3.05, 3.63) is 75.8 Å². The van der Waals surface area contributed by atoms with Gasteiger partial charge >= 0.3 is 6.03 Å². The van der Waals surface area contributed by atoms with E-state index in [0.29, 0.717) is 17.1 Å². The van der Waals surface area contributed by atoms with E-state index in [2.05, 4.69) is 10.3 Å². The third kappa shape index (κ3) is 2.64. The molecule has 1 aliphatic heterocycles. The van der Waals surface area contributed by atoms with Gasteiger partial charge in [-0.05, 0) is 36.1 Å². The van der Waals surface area contributed by atoms with Crippen LogP contribution in [0.2, 0.25) is 5.02 Å². The number of hydrogen-bond acceptors (Lipinski definition) is 4. The second kappa shape index (κ2) is 6.43. The molecular weight excluding hydrogens is 394 g/mol. The molecule has 3 amide bonds. The molecule has 7 heteroatoms. The second-order valence-electron chi connectivity index (χ2n) is 7.03. The third-order valence-electron chi connectivity index (χ3n) is 5.39. The Bertz CT molecular complexity index is 1100. The first-order chi connectivity index (χ1) is 13.6. The van der Waals surface area contributed by atoms with Crippen molar-refractivity contribution < 1.29 is 9.59 Å². The Hall–Kier alpha value is -2.70. The van der Waals surface area contributed by atoms with E-state index in [-0.39, 0.29) is 18.5 Å². The average Bonchev–Trinajstić information content (AvgIpc) is 3.37. The van der Waals surface area contributed by atoms with Crippen LogP contribution >= 0.6 is 22.9 Å². The number of nitrogens with one attached hydrogen (secondary N) is 1. The number of carbonyl (C=O) groups is 2. The van der Waals surface area contributed by atoms with Crippen LogP contribution in [-0.4, -0.2) is 21.8 Å². The summed E-state index contributed by atoms with van der Waals surface area (Å²) in [6, 6.07) is 14.9. The first-order valence-corrected chi connectivity index (χ1v) is 10.3. The summed E-state index contributed by atoms with van der Waals surface area (Å²) >= 11 is 7.42. The van der Waals surface area contributed by atoms with Crippen LogP contribution in [-0.2, 0) is 23.3 Å². The minimum atomic E-state index is -0.928. The molecule has 0 saturated carbocycles. The summed E-state index contributed by atoms with van der Waals surface area (Å²) in [7, 11) is 0. The number of aryl methyl sites for hydroxylation is 1. The molecule has 2 aromatic carbocycles. The lowest BCUT2D eigenvalue weighted by atomic mass is 9.92. The predicted molar refractivity (Wildman–Crippen MR) is 108 cm³/mol. The van der Waals surface area contributed by atoms with Gasteiger partial charge in [-0.1, -0.05) is 48.0 Å². The quantitative estimate of drug-likeness (QED) is 0.654. The zero-order valence-electron chi connectivity index (χ0n) is 14.8. The van der Waals surface area contributed by atoms with Gasteiger partial charge in [0.25, 0.3) is 5.91 Å². The summed E-state index contributed by atoms with van der Waals surface area (Å²) in [6.45, 7) is 0.165. The number of benzene rings is 2. The molecule has 0 bridgehead atoms. The van der Waals surface area contributed by atoms with Crippen molar-refractivity contribution in [2.45, 2.75) is 24.9 Å². The molecule has 1 fully saturated rings. The molecule has 28 heavy (non-hydrogen) atoms. The van der Waals surface area contributed by atoms with E-state index in [1.807, 2.05) is 53.9 Å². The van der Waals surface area contributed by atoms with E-state index in [4.69, 9.17) is 11.6 Å². The summed E-state index contributed by atoms with van der Waals surface area (Å²) in [5, 5.41) is 6.34. The van der Waals surface area contributed by atoms with Crippen LogP contribution in [0.4, 0.5) is 4.79 Å². The van der Waals surface area contributed by atoms with Crippen LogP contribution in [0, 0.1) is 0 Å². The largest absolute Gasteiger partial charge is 0.325 e. The van der Waals surface area contributed by atoms with Crippen LogP contribution in [0.15, 0.2) is 53.9 Å². The number of urea groups is 1. The van der Waals surface area contributed by atoms with Gasteiger partial charge in [-0.15, -0.1) is 11.3 Å². The molecule has 1 spiro atoms. The second-order valence-corrected chi connectivity index (χ2v) is 8.33. The lowest BCUT2D eigenvalue weighted by molar-refractivity contribution is -0.132. The Balaban J connectivity index is 1.40. The van der Waals surface area contributed by atoms with Crippen molar-refractivity contribution in [1.82, 2.24) is 15.2 Å². The molecular formula is C21H16ClN3O2S. The number of carbonyl (C=O) groups excluding carboxylic acids is 2. The fourth-order valence-corrected chi connectivity index (χ4v) is 4.94. The van der Waals surface area contributed by atoms with Gasteiger partial charge in [0.15, 0.2) is 0 Å². The number of thiazole rings is 1. The number of hydrogen-bond donors (Lipinski definition) is 1. The Morgan fingerprint density at radius 2 is 1.93 bits per heavy atom. The predicted octanol–water partition coefficient (Wildman–Crippen LogP) is 4.36. The van der Waals surface area contributed by atoms with Gasteiger partial charge in [-0.25, -0.2) is 9.78 Å². The SMILES string of the molecule is O=C1NC2(CCc3ccccc32)C(=O)N1Cc1csc(-c2ccc(Cl)cc2)n1. The average molecular weight is 410 g/mol. The topological polar surface area (TPSA) is 62.3 Å². The number of aromatic nitrogens is 1. The number of fused-ring (bicyclic) bond motifs is 2. The highest BCUT2D eigenvalue weighted by molar-refractivity contribution is 7.13. The van der Waals surface area contributed by atoms with Gasteiger partial charge in [0.1, 0.15) is 10.5 Å². The standard InChI is InChI=1S/C21H16ClN3O2S/c22-15-7-5-14(6-8-15)18-23-16(12-28-18)11-25-19(26)21(24-20(25)27)10-9-13-3-1-2-4-17(13)21/h1-8,12H,9-11H2,(H,24,27). The molecule has 5 rings (SSSR count). The summed E-state index contributed by atoms with van der Waals surface area (Å²) in [5.41, 5.74) is 2.76. The molecule has 3 aromatic rings. The van der Waals surface area contributed by atoms with E-state index in [1.54, 1.807) is 0 Å². The van der Waals surface area contributed by atoms with Gasteiger partial charge in [-0.2, -0.15) is 0 Å². The number of halogens is 1. The van der Waals surface area contributed by atoms with Gasteiger partial charge in [-0.3, -0.25) is 9.69 Å². The normalized spacial score (nSPS) is 20.7. The van der Waals surface area contributed by atoms with Crippen molar-refractivity contribution in [2.24, 2.45) is 0 Å². The van der Waals surface area contributed by atoms with Crippen molar-refractivity contribution in [3.63, 3.8) is 0 Å². The first-order valence-electron chi connectivity index (χ1n) is 9.00. The molecule has 5 nitrogen and oxygen atoms in total. The van der Waals surface area contributed by atoms with E-state index >= 15 is 0 Å². The minimum Gasteiger partial charge on any atom is -0.319 e. The molecule has 1 aliphatic carbocycles. The highest BCUT2D eigenvalue weighted by atomic mass is 35.5. The summed E-state index contributed by atoms with van der Waals surface area (Å²) < 4.78 is 0. The number of rotatable bonds is 3. The zero-order valence-corrected chi connectivity index (χ0v) is 16.4. The molecule has 1 atom stereocenters. The van der Waals surface area contributed by atoms with E-state index in [1.165, 1.54) is 16.2 Å². The van der Waals surface area contributed by atoms with Gasteiger partial charge in [0, 0.05) is 16.0 Å². The fraction of sp³-hybridized carbons (Fsp3) is 0.190. The molecule has 2 aliphatic rings. The number of nitrogens with zero attached hydrogens (tertiary/aromatic N) is 2. The monoisotopic (exact) mass is 409 g/mol. The molecule has 1 unspecified atom stereocenters. The van der Waals surface area contributed by atoms with Crippen LogP contribution in [0.1, 0.15) is 23.2 Å². The number of imide groups is 1. The first kappa shape index (κ1) is 17.4. The van der Waals surface area contributed by atoms with E-state index in [9.17, 15) is 9.59 Å². The fourth-order valence-electron chi connectivity index (χ4n) is 4.00. The molecule has 140 valence electrons. The van der Waals surface area contributed by atoms with Crippen molar-refractivity contribution in [3.8, 4) is 10.6 Å². The smallest absolute Gasteiger partial charge is 0.319 e. The minimum absolute atomic E-state index is 0.165. The highest BCUT2D eigenvalue weighted by Crippen LogP contribution is 2.41. The lowest BCUT2D eigenvalue weighted by Gasteiger charge is -2.22. The Morgan fingerprint density at radius 1 is 1.14 bits per heavy atom. The van der Waals surface area contributed by atoms with Gasteiger partial charge < -0.3 is 5.32 Å². The molecule has 1 saturated heterocycles. The molecule has 0 radical (unpaired) electrons. The van der Waals surface area contributed by atoms with Crippen LogP contribution < -0.4 is 5.32 Å². The summed E-state index contributed by atoms with van der Waals surface area (Å²) in [5.74, 6) is -0.191. The molecule has 1 aromatic heterocycles. The Labute approximate surface area is 171 Å². The maximum Gasteiger partial charge on any atom is 0.325 e. The third-order valence-corrected chi connectivity index (χ3v) is 6.58. The Kier molecular flexibility index (Phi) is 4.00. The van der Waals surface area contributed by atoms with Crippen molar-refractivity contribution in [2.75, 3.05) is 0 Å². The highest BCUT2D eigenvalue weighted by Gasteiger charge is 2.55. The van der Waals surface area contributed by atoms with Crippen molar-refractivity contribution >= 4 is 34.9 Å². The van der Waals surface area contributed by atoms with Crippen LogP contribution in [0.5, 0.6) is 0 Å². The summed E-state index contributed by atoms with van der Waals surface area (Å²) in [6.07, 6.45) is 1.38. The molecule has 2 heterocycles. The lowest BCUT2D eigenvalue weighted by Crippen LogP contribution is -2.41.